The van der Waals surface area contributed by atoms with Gasteiger partial charge in [0.25, 0.3) is 5.91 Å². The zero-order valence-corrected chi connectivity index (χ0v) is 11.0. The van der Waals surface area contributed by atoms with E-state index in [1.54, 1.807) is 11.3 Å². The van der Waals surface area contributed by atoms with Gasteiger partial charge in [-0.2, -0.15) is 0 Å². The molecule has 1 aliphatic rings. The molecule has 1 aliphatic carbocycles. The number of nitrogens with one attached hydrogen (secondary N) is 1. The monoisotopic (exact) mass is 287 g/mol. The minimum absolute atomic E-state index is 0.0736. The van der Waals surface area contributed by atoms with E-state index in [2.05, 4.69) is 21.2 Å². The lowest BCUT2D eigenvalue weighted by atomic mass is 10.2. The molecule has 2 atom stereocenters. The Morgan fingerprint density at radius 1 is 1.53 bits per heavy atom. The first-order valence-corrected chi connectivity index (χ1v) is 6.91. The number of carbonyl (C=O) groups is 1. The van der Waals surface area contributed by atoms with E-state index in [-0.39, 0.29) is 5.91 Å². The third-order valence-electron chi connectivity index (χ3n) is 2.71. The van der Waals surface area contributed by atoms with Gasteiger partial charge in [-0.15, -0.1) is 11.3 Å². The number of halogens is 1. The maximum absolute atomic E-state index is 11.8. The van der Waals surface area contributed by atoms with Crippen LogP contribution >= 0.6 is 27.3 Å². The Bertz CT molecular complexity index is 363. The van der Waals surface area contributed by atoms with Crippen LogP contribution in [0.25, 0.3) is 0 Å². The molecule has 2 rings (SSSR count). The van der Waals surface area contributed by atoms with Crippen LogP contribution in [0.15, 0.2) is 12.1 Å². The maximum Gasteiger partial charge on any atom is 0.261 e. The van der Waals surface area contributed by atoms with E-state index in [1.165, 1.54) is 11.3 Å². The minimum atomic E-state index is 0.0736. The third-order valence-corrected chi connectivity index (χ3v) is 4.81. The number of hydrogen-bond acceptors (Lipinski definition) is 2. The smallest absolute Gasteiger partial charge is 0.261 e. The molecule has 0 aliphatic heterocycles. The molecule has 2 nitrogen and oxygen atoms in total. The van der Waals surface area contributed by atoms with E-state index in [0.717, 1.165) is 17.7 Å². The molecule has 0 saturated heterocycles. The molecular weight excluding hydrogens is 274 g/mol. The summed E-state index contributed by atoms with van der Waals surface area (Å²) in [7, 11) is 0. The molecule has 0 radical (unpaired) electrons. The molecule has 1 saturated carbocycles. The van der Waals surface area contributed by atoms with E-state index >= 15 is 0 Å². The molecule has 0 bridgehead atoms. The van der Waals surface area contributed by atoms with Crippen molar-refractivity contribution in [3.8, 4) is 0 Å². The van der Waals surface area contributed by atoms with Crippen LogP contribution in [0, 0.1) is 6.92 Å². The average Bonchev–Trinajstić information content (AvgIpc) is 2.77. The Kier molecular flexibility index (Phi) is 3.46. The zero-order chi connectivity index (χ0) is 10.8. The molecular formula is C11H14BrNOS. The van der Waals surface area contributed by atoms with Crippen LogP contribution in [0.5, 0.6) is 0 Å². The van der Waals surface area contributed by atoms with Crippen LogP contribution in [0.4, 0.5) is 0 Å². The lowest BCUT2D eigenvalue weighted by Gasteiger charge is -2.15. The van der Waals surface area contributed by atoms with Gasteiger partial charge in [-0.1, -0.05) is 22.4 Å². The quantitative estimate of drug-likeness (QED) is 0.832. The first-order chi connectivity index (χ1) is 7.16. The highest BCUT2D eigenvalue weighted by Gasteiger charge is 2.26. The molecule has 1 aromatic heterocycles. The first kappa shape index (κ1) is 11.1. The second-order valence-corrected chi connectivity index (χ2v) is 6.40. The topological polar surface area (TPSA) is 29.1 Å². The second kappa shape index (κ2) is 4.66. The zero-order valence-electron chi connectivity index (χ0n) is 8.63. The van der Waals surface area contributed by atoms with Gasteiger partial charge in [0.15, 0.2) is 0 Å². The van der Waals surface area contributed by atoms with Gasteiger partial charge in [0.05, 0.1) is 4.88 Å². The first-order valence-electron chi connectivity index (χ1n) is 5.18. The summed E-state index contributed by atoms with van der Waals surface area (Å²) >= 11 is 5.15. The molecule has 1 aromatic rings. The minimum Gasteiger partial charge on any atom is -0.347 e. The summed E-state index contributed by atoms with van der Waals surface area (Å²) in [6, 6.07) is 4.19. The summed E-state index contributed by atoms with van der Waals surface area (Å²) in [6.07, 6.45) is 3.45. The summed E-state index contributed by atoms with van der Waals surface area (Å²) in [4.78, 5) is 14.3. The van der Waals surface area contributed by atoms with E-state index in [4.69, 9.17) is 0 Å². The number of hydrogen-bond donors (Lipinski definition) is 1. The Hall–Kier alpha value is -0.350. The van der Waals surface area contributed by atoms with Gasteiger partial charge >= 0.3 is 0 Å². The Labute approximate surface area is 102 Å². The van der Waals surface area contributed by atoms with Gasteiger partial charge in [0, 0.05) is 15.7 Å². The van der Waals surface area contributed by atoms with Crippen molar-refractivity contribution in [1.29, 1.82) is 0 Å². The van der Waals surface area contributed by atoms with Crippen molar-refractivity contribution in [2.45, 2.75) is 37.1 Å². The van der Waals surface area contributed by atoms with Crippen molar-refractivity contribution in [1.82, 2.24) is 5.32 Å². The Morgan fingerprint density at radius 2 is 2.33 bits per heavy atom. The predicted octanol–water partition coefficient (Wildman–Crippen LogP) is 3.10. The Morgan fingerprint density at radius 3 is 2.87 bits per heavy atom. The van der Waals surface area contributed by atoms with Crippen molar-refractivity contribution >= 4 is 33.2 Å². The predicted molar refractivity (Wildman–Crippen MR) is 66.9 cm³/mol. The van der Waals surface area contributed by atoms with Crippen LogP contribution in [-0.4, -0.2) is 16.8 Å². The summed E-state index contributed by atoms with van der Waals surface area (Å²) in [5.74, 6) is 0.0736. The van der Waals surface area contributed by atoms with Crippen molar-refractivity contribution in [2.75, 3.05) is 0 Å². The summed E-state index contributed by atoms with van der Waals surface area (Å²) < 4.78 is 0. The van der Waals surface area contributed by atoms with Crippen molar-refractivity contribution in [2.24, 2.45) is 0 Å². The standard InChI is InChI=1S/C11H14BrNOS/c1-7-5-6-10(15-7)11(14)13-9-4-2-3-8(9)12/h5-6,8-9H,2-4H2,1H3,(H,13,14). The van der Waals surface area contributed by atoms with Crippen molar-refractivity contribution in [3.05, 3.63) is 21.9 Å². The lowest BCUT2D eigenvalue weighted by molar-refractivity contribution is 0.0943. The van der Waals surface area contributed by atoms with Gasteiger partial charge in [0.1, 0.15) is 0 Å². The molecule has 1 N–H and O–H groups in total. The van der Waals surface area contributed by atoms with Crippen LogP contribution in [0.2, 0.25) is 0 Å². The van der Waals surface area contributed by atoms with Crippen LogP contribution in [-0.2, 0) is 0 Å². The average molecular weight is 288 g/mol. The Balaban J connectivity index is 1.97. The number of rotatable bonds is 2. The summed E-state index contributed by atoms with van der Waals surface area (Å²) in [5, 5.41) is 3.08. The summed E-state index contributed by atoms with van der Waals surface area (Å²) in [5.41, 5.74) is 0. The highest BCUT2D eigenvalue weighted by Crippen LogP contribution is 2.26. The molecule has 0 spiro atoms. The van der Waals surface area contributed by atoms with Crippen molar-refractivity contribution in [3.63, 3.8) is 0 Å². The molecule has 0 aromatic carbocycles. The van der Waals surface area contributed by atoms with Gasteiger partial charge in [-0.05, 0) is 31.9 Å². The van der Waals surface area contributed by atoms with E-state index in [0.29, 0.717) is 10.9 Å². The molecule has 15 heavy (non-hydrogen) atoms. The van der Waals surface area contributed by atoms with Gasteiger partial charge in [0.2, 0.25) is 0 Å². The normalized spacial score (nSPS) is 25.5. The molecule has 1 heterocycles. The molecule has 82 valence electrons. The largest absolute Gasteiger partial charge is 0.347 e. The van der Waals surface area contributed by atoms with Crippen LogP contribution in [0.1, 0.15) is 33.8 Å². The number of aryl methyl sites for hydroxylation is 1. The van der Waals surface area contributed by atoms with E-state index in [9.17, 15) is 4.79 Å². The highest BCUT2D eigenvalue weighted by molar-refractivity contribution is 9.09. The highest BCUT2D eigenvalue weighted by atomic mass is 79.9. The van der Waals surface area contributed by atoms with Gasteiger partial charge < -0.3 is 5.32 Å². The number of carbonyl (C=O) groups excluding carboxylic acids is 1. The fraction of sp³-hybridized carbons (Fsp3) is 0.545. The fourth-order valence-corrected chi connectivity index (χ4v) is 3.36. The number of thiophene rings is 1. The van der Waals surface area contributed by atoms with Crippen molar-refractivity contribution < 1.29 is 4.79 Å². The summed E-state index contributed by atoms with van der Waals surface area (Å²) in [6.45, 7) is 2.02. The molecule has 1 amide bonds. The van der Waals surface area contributed by atoms with Crippen LogP contribution in [0.3, 0.4) is 0 Å². The maximum atomic E-state index is 11.8. The molecule has 2 unspecified atom stereocenters. The van der Waals surface area contributed by atoms with E-state index < -0.39 is 0 Å². The van der Waals surface area contributed by atoms with E-state index in [1.807, 2.05) is 19.1 Å². The number of amides is 1. The fourth-order valence-electron chi connectivity index (χ4n) is 1.87. The SMILES string of the molecule is Cc1ccc(C(=O)NC2CCCC2Br)s1. The molecule has 4 heteroatoms. The number of alkyl halides is 1. The van der Waals surface area contributed by atoms with Crippen LogP contribution < -0.4 is 5.32 Å². The third kappa shape index (κ3) is 2.61. The van der Waals surface area contributed by atoms with Gasteiger partial charge in [-0.3, -0.25) is 4.79 Å². The lowest BCUT2D eigenvalue weighted by Crippen LogP contribution is -2.37. The second-order valence-electron chi connectivity index (χ2n) is 3.94. The van der Waals surface area contributed by atoms with Gasteiger partial charge in [-0.25, -0.2) is 0 Å². The molecule has 1 fully saturated rings.